The van der Waals surface area contributed by atoms with Crippen molar-refractivity contribution in [2.75, 3.05) is 13.1 Å². The number of unbranched alkanes of at least 4 members (excludes halogenated alkanes) is 2. The third-order valence-corrected chi connectivity index (χ3v) is 3.49. The van der Waals surface area contributed by atoms with Crippen LogP contribution < -0.4 is 10.6 Å². The van der Waals surface area contributed by atoms with E-state index in [4.69, 9.17) is 6.42 Å². The number of benzene rings is 1. The van der Waals surface area contributed by atoms with Gasteiger partial charge < -0.3 is 10.6 Å². The lowest BCUT2D eigenvalue weighted by Gasteiger charge is -2.18. The first-order chi connectivity index (χ1) is 8.92. The van der Waals surface area contributed by atoms with Crippen LogP contribution in [0.15, 0.2) is 24.3 Å². The zero-order valence-corrected chi connectivity index (χ0v) is 10.9. The molecule has 0 radical (unpaired) electrons. The zero-order chi connectivity index (χ0) is 12.6. The van der Waals surface area contributed by atoms with Crippen molar-refractivity contribution in [1.82, 2.24) is 10.6 Å². The highest BCUT2D eigenvalue weighted by molar-refractivity contribution is 5.30. The molecule has 0 saturated heterocycles. The topological polar surface area (TPSA) is 24.1 Å². The molecule has 0 amide bonds. The summed E-state index contributed by atoms with van der Waals surface area (Å²) in [5, 5.41) is 7.15. The fraction of sp³-hybridized carbons (Fsp3) is 0.500. The normalized spacial score (nSPS) is 18.7. The first kappa shape index (κ1) is 13.1. The minimum atomic E-state index is 0.488. The van der Waals surface area contributed by atoms with E-state index in [0.717, 1.165) is 45.3 Å². The average Bonchev–Trinajstić information content (AvgIpc) is 2.61. The first-order valence-corrected chi connectivity index (χ1v) is 6.87. The van der Waals surface area contributed by atoms with Crippen molar-refractivity contribution in [3.8, 4) is 12.3 Å². The van der Waals surface area contributed by atoms with Crippen molar-refractivity contribution in [3.63, 3.8) is 0 Å². The number of nitrogens with one attached hydrogen (secondary N) is 2. The minimum Gasteiger partial charge on any atom is -0.313 e. The number of hydrogen-bond donors (Lipinski definition) is 2. The van der Waals surface area contributed by atoms with Crippen molar-refractivity contribution in [2.45, 2.75) is 38.3 Å². The predicted molar refractivity (Wildman–Crippen MR) is 76.2 cm³/mol. The van der Waals surface area contributed by atoms with Crippen molar-refractivity contribution < 1.29 is 0 Å². The van der Waals surface area contributed by atoms with Gasteiger partial charge >= 0.3 is 0 Å². The second kappa shape index (κ2) is 7.20. The van der Waals surface area contributed by atoms with Crippen LogP contribution in [0.2, 0.25) is 0 Å². The highest BCUT2D eigenvalue weighted by atomic mass is 14.9. The van der Waals surface area contributed by atoms with E-state index < -0.39 is 0 Å². The number of terminal acetylenes is 1. The van der Waals surface area contributed by atoms with Gasteiger partial charge in [0.2, 0.25) is 0 Å². The molecule has 1 aromatic rings. The molecule has 2 N–H and O–H groups in total. The molecular formula is C16H22N2. The average molecular weight is 242 g/mol. The third-order valence-electron chi connectivity index (χ3n) is 3.49. The molecule has 0 fully saturated rings. The van der Waals surface area contributed by atoms with Crippen LogP contribution in [0, 0.1) is 12.3 Å². The van der Waals surface area contributed by atoms with E-state index in [9.17, 15) is 0 Å². The molecule has 1 unspecified atom stereocenters. The molecular weight excluding hydrogens is 220 g/mol. The van der Waals surface area contributed by atoms with Crippen LogP contribution in [0.1, 0.15) is 42.9 Å². The summed E-state index contributed by atoms with van der Waals surface area (Å²) in [7, 11) is 0. The molecule has 18 heavy (non-hydrogen) atoms. The SMILES string of the molecule is C#CCCCCNC1CCNCc2ccccc21. The highest BCUT2D eigenvalue weighted by Crippen LogP contribution is 2.23. The smallest absolute Gasteiger partial charge is 0.0335 e. The fourth-order valence-corrected chi connectivity index (χ4v) is 2.50. The Morgan fingerprint density at radius 3 is 3.11 bits per heavy atom. The van der Waals surface area contributed by atoms with Gasteiger partial charge in [0.05, 0.1) is 0 Å². The van der Waals surface area contributed by atoms with E-state index in [2.05, 4.69) is 40.8 Å². The van der Waals surface area contributed by atoms with E-state index in [-0.39, 0.29) is 0 Å². The van der Waals surface area contributed by atoms with Gasteiger partial charge in [-0.15, -0.1) is 12.3 Å². The van der Waals surface area contributed by atoms with E-state index in [0.29, 0.717) is 6.04 Å². The zero-order valence-electron chi connectivity index (χ0n) is 10.9. The molecule has 2 nitrogen and oxygen atoms in total. The summed E-state index contributed by atoms with van der Waals surface area (Å²) in [5.74, 6) is 2.69. The second-order valence-electron chi connectivity index (χ2n) is 4.83. The number of hydrogen-bond acceptors (Lipinski definition) is 2. The largest absolute Gasteiger partial charge is 0.313 e. The van der Waals surface area contributed by atoms with Gasteiger partial charge in [-0.25, -0.2) is 0 Å². The van der Waals surface area contributed by atoms with Gasteiger partial charge in [-0.3, -0.25) is 0 Å². The summed E-state index contributed by atoms with van der Waals surface area (Å²) in [6.45, 7) is 3.13. The summed E-state index contributed by atoms with van der Waals surface area (Å²) >= 11 is 0. The molecule has 96 valence electrons. The Hall–Kier alpha value is -1.30. The molecule has 1 aliphatic rings. The van der Waals surface area contributed by atoms with Crippen LogP contribution in [0.25, 0.3) is 0 Å². The van der Waals surface area contributed by atoms with Gasteiger partial charge in [-0.05, 0) is 43.5 Å². The van der Waals surface area contributed by atoms with Crippen LogP contribution in [0.5, 0.6) is 0 Å². The van der Waals surface area contributed by atoms with Crippen molar-refractivity contribution >= 4 is 0 Å². The van der Waals surface area contributed by atoms with Crippen LogP contribution in [0.3, 0.4) is 0 Å². The lowest BCUT2D eigenvalue weighted by atomic mass is 9.99. The molecule has 2 heteroatoms. The van der Waals surface area contributed by atoms with Gasteiger partial charge in [0.25, 0.3) is 0 Å². The first-order valence-electron chi connectivity index (χ1n) is 6.87. The summed E-state index contributed by atoms with van der Waals surface area (Å²) in [5.41, 5.74) is 2.88. The minimum absolute atomic E-state index is 0.488. The Morgan fingerprint density at radius 1 is 1.33 bits per heavy atom. The van der Waals surface area contributed by atoms with E-state index >= 15 is 0 Å². The molecule has 1 heterocycles. The Kier molecular flexibility index (Phi) is 5.26. The van der Waals surface area contributed by atoms with Crippen LogP contribution >= 0.6 is 0 Å². The molecule has 0 aromatic heterocycles. The van der Waals surface area contributed by atoms with Crippen molar-refractivity contribution in [2.24, 2.45) is 0 Å². The molecule has 0 aliphatic carbocycles. The Labute approximate surface area is 110 Å². The van der Waals surface area contributed by atoms with Crippen LogP contribution in [0.4, 0.5) is 0 Å². The van der Waals surface area contributed by atoms with Crippen molar-refractivity contribution in [1.29, 1.82) is 0 Å². The Morgan fingerprint density at radius 2 is 2.22 bits per heavy atom. The molecule has 0 saturated carbocycles. The molecule has 1 atom stereocenters. The second-order valence-corrected chi connectivity index (χ2v) is 4.83. The summed E-state index contributed by atoms with van der Waals surface area (Å²) in [6, 6.07) is 9.22. The maximum absolute atomic E-state index is 5.26. The summed E-state index contributed by atoms with van der Waals surface area (Å²) in [4.78, 5) is 0. The molecule has 2 rings (SSSR count). The lowest BCUT2D eigenvalue weighted by molar-refractivity contribution is 0.486. The third kappa shape index (κ3) is 3.60. The highest BCUT2D eigenvalue weighted by Gasteiger charge is 2.16. The lowest BCUT2D eigenvalue weighted by Crippen LogP contribution is -2.24. The Balaban J connectivity index is 1.90. The van der Waals surface area contributed by atoms with Gasteiger partial charge in [0.15, 0.2) is 0 Å². The summed E-state index contributed by atoms with van der Waals surface area (Å²) in [6.07, 6.45) is 9.60. The molecule has 0 bridgehead atoms. The van der Waals surface area contributed by atoms with Gasteiger partial charge in [0.1, 0.15) is 0 Å². The van der Waals surface area contributed by atoms with Gasteiger partial charge in [-0.1, -0.05) is 24.3 Å². The number of rotatable bonds is 5. The number of fused-ring (bicyclic) bond motifs is 1. The standard InChI is InChI=1S/C16H22N2/c1-2-3-4-7-11-18-16-10-12-17-13-14-8-5-6-9-15(14)16/h1,5-6,8-9,16-18H,3-4,7,10-13H2. The fourth-order valence-electron chi connectivity index (χ4n) is 2.50. The molecule has 0 spiro atoms. The monoisotopic (exact) mass is 242 g/mol. The van der Waals surface area contributed by atoms with Crippen LogP contribution in [-0.2, 0) is 6.54 Å². The molecule has 1 aliphatic heterocycles. The predicted octanol–water partition coefficient (Wildman–Crippen LogP) is 2.61. The van der Waals surface area contributed by atoms with E-state index in [1.54, 1.807) is 0 Å². The van der Waals surface area contributed by atoms with Gasteiger partial charge in [0, 0.05) is 19.0 Å². The van der Waals surface area contributed by atoms with E-state index in [1.165, 1.54) is 11.1 Å². The van der Waals surface area contributed by atoms with Crippen LogP contribution in [-0.4, -0.2) is 13.1 Å². The maximum Gasteiger partial charge on any atom is 0.0335 e. The maximum atomic E-state index is 5.26. The van der Waals surface area contributed by atoms with E-state index in [1.807, 2.05) is 0 Å². The van der Waals surface area contributed by atoms with Gasteiger partial charge in [-0.2, -0.15) is 0 Å². The molecule has 1 aromatic carbocycles. The summed E-state index contributed by atoms with van der Waals surface area (Å²) < 4.78 is 0. The Bertz CT molecular complexity index is 406. The van der Waals surface area contributed by atoms with Crippen molar-refractivity contribution in [3.05, 3.63) is 35.4 Å². The quantitative estimate of drug-likeness (QED) is 0.612.